The van der Waals surface area contributed by atoms with Crippen molar-refractivity contribution in [3.8, 4) is 5.75 Å². The van der Waals surface area contributed by atoms with E-state index >= 15 is 0 Å². The molecule has 9 heteroatoms. The van der Waals surface area contributed by atoms with Crippen LogP contribution in [0, 0.1) is 0 Å². The van der Waals surface area contributed by atoms with Crippen LogP contribution in [-0.2, 0) is 10.0 Å². The zero-order valence-corrected chi connectivity index (χ0v) is 13.7. The van der Waals surface area contributed by atoms with Crippen LogP contribution < -0.4 is 9.46 Å². The fourth-order valence-electron chi connectivity index (χ4n) is 3.47. The standard InChI is InChI=1S/C15H19F3N2O3S/c16-15(17,18)23-11-4-6-12(7-5-11)24(21,22)19-13-8-10-20-9-2-1-3-14(13)20/h4-7,13-14,19H,1-3,8-10H2/t13-,14+/m1/s1. The van der Waals surface area contributed by atoms with Gasteiger partial charge in [-0.3, -0.25) is 4.90 Å². The first-order chi connectivity index (χ1) is 11.2. The van der Waals surface area contributed by atoms with Crippen molar-refractivity contribution < 1.29 is 26.3 Å². The molecule has 0 aromatic heterocycles. The van der Waals surface area contributed by atoms with E-state index in [0.29, 0.717) is 0 Å². The van der Waals surface area contributed by atoms with Crippen LogP contribution in [0.3, 0.4) is 0 Å². The number of ether oxygens (including phenoxy) is 1. The lowest BCUT2D eigenvalue weighted by molar-refractivity contribution is -0.274. The van der Waals surface area contributed by atoms with Crippen molar-refractivity contribution >= 4 is 10.0 Å². The van der Waals surface area contributed by atoms with Gasteiger partial charge in [0.25, 0.3) is 0 Å². The second kappa shape index (κ2) is 6.53. The summed E-state index contributed by atoms with van der Waals surface area (Å²) in [5.74, 6) is -0.444. The number of piperidine rings is 1. The topological polar surface area (TPSA) is 58.6 Å². The van der Waals surface area contributed by atoms with Gasteiger partial charge < -0.3 is 4.74 Å². The molecular weight excluding hydrogens is 345 g/mol. The molecule has 2 saturated heterocycles. The Kier molecular flexibility index (Phi) is 4.76. The van der Waals surface area contributed by atoms with E-state index in [0.717, 1.165) is 63.0 Å². The Bertz CT molecular complexity index is 676. The molecule has 2 heterocycles. The highest BCUT2D eigenvalue weighted by atomic mass is 32.2. The lowest BCUT2D eigenvalue weighted by atomic mass is 10.00. The number of benzene rings is 1. The molecule has 0 aliphatic carbocycles. The number of hydrogen-bond donors (Lipinski definition) is 1. The molecule has 0 amide bonds. The summed E-state index contributed by atoms with van der Waals surface area (Å²) in [7, 11) is -3.77. The molecule has 5 nitrogen and oxygen atoms in total. The SMILES string of the molecule is O=S(=O)(N[C@@H]1CCN2CCCC[C@@H]12)c1ccc(OC(F)(F)F)cc1. The maximum atomic E-state index is 12.5. The lowest BCUT2D eigenvalue weighted by Gasteiger charge is -2.32. The number of rotatable bonds is 4. The predicted octanol–water partition coefficient (Wildman–Crippen LogP) is 2.49. The van der Waals surface area contributed by atoms with Crippen molar-refractivity contribution in [1.29, 1.82) is 0 Å². The number of nitrogens with one attached hydrogen (secondary N) is 1. The highest BCUT2D eigenvalue weighted by molar-refractivity contribution is 7.89. The van der Waals surface area contributed by atoms with Crippen LogP contribution in [0.5, 0.6) is 5.75 Å². The quantitative estimate of drug-likeness (QED) is 0.892. The van der Waals surface area contributed by atoms with E-state index in [1.165, 1.54) is 0 Å². The monoisotopic (exact) mass is 364 g/mol. The fraction of sp³-hybridized carbons (Fsp3) is 0.600. The van der Waals surface area contributed by atoms with Gasteiger partial charge >= 0.3 is 6.36 Å². The summed E-state index contributed by atoms with van der Waals surface area (Å²) in [6, 6.07) is 4.31. The third-order valence-electron chi connectivity index (χ3n) is 4.53. The molecule has 2 fully saturated rings. The molecule has 0 unspecified atom stereocenters. The molecule has 1 N–H and O–H groups in total. The minimum atomic E-state index is -4.80. The Morgan fingerprint density at radius 3 is 2.46 bits per heavy atom. The first-order valence-electron chi connectivity index (χ1n) is 7.87. The predicted molar refractivity (Wildman–Crippen MR) is 81.1 cm³/mol. The Morgan fingerprint density at radius 1 is 1.08 bits per heavy atom. The average Bonchev–Trinajstić information content (AvgIpc) is 2.89. The first-order valence-corrected chi connectivity index (χ1v) is 9.35. The maximum absolute atomic E-state index is 12.5. The molecule has 1 aromatic carbocycles. The molecule has 1 aromatic rings. The number of alkyl halides is 3. The van der Waals surface area contributed by atoms with Crippen molar-refractivity contribution in [3.63, 3.8) is 0 Å². The molecular formula is C15H19F3N2O3S. The van der Waals surface area contributed by atoms with Gasteiger partial charge in [0.2, 0.25) is 10.0 Å². The molecule has 3 rings (SSSR count). The van der Waals surface area contributed by atoms with E-state index in [1.54, 1.807) is 0 Å². The minimum absolute atomic E-state index is 0.0636. The smallest absolute Gasteiger partial charge is 0.406 e. The van der Waals surface area contributed by atoms with Gasteiger partial charge in [-0.2, -0.15) is 0 Å². The van der Waals surface area contributed by atoms with Gasteiger partial charge in [0, 0.05) is 18.6 Å². The average molecular weight is 364 g/mol. The van der Waals surface area contributed by atoms with E-state index in [4.69, 9.17) is 0 Å². The molecule has 134 valence electrons. The summed E-state index contributed by atoms with van der Waals surface area (Å²) in [6.45, 7) is 1.86. The van der Waals surface area contributed by atoms with Crippen molar-refractivity contribution in [2.24, 2.45) is 0 Å². The zero-order valence-electron chi connectivity index (χ0n) is 12.9. The number of sulfonamides is 1. The van der Waals surface area contributed by atoms with Gasteiger partial charge in [0.15, 0.2) is 0 Å². The van der Waals surface area contributed by atoms with Crippen LogP contribution in [0.2, 0.25) is 0 Å². The molecule has 0 radical (unpaired) electrons. The van der Waals surface area contributed by atoms with Crippen molar-refractivity contribution in [2.75, 3.05) is 13.1 Å². The first kappa shape index (κ1) is 17.5. The summed E-state index contributed by atoms with van der Waals surface area (Å²) < 4.78 is 67.8. The number of hydrogen-bond acceptors (Lipinski definition) is 4. The minimum Gasteiger partial charge on any atom is -0.406 e. The molecule has 0 spiro atoms. The summed E-state index contributed by atoms with van der Waals surface area (Å²) in [6.07, 6.45) is -0.864. The van der Waals surface area contributed by atoms with Crippen molar-refractivity contribution in [1.82, 2.24) is 9.62 Å². The normalized spacial score (nSPS) is 25.5. The van der Waals surface area contributed by atoms with Gasteiger partial charge in [-0.15, -0.1) is 13.2 Å². The summed E-state index contributed by atoms with van der Waals surface area (Å²) >= 11 is 0. The van der Waals surface area contributed by atoms with Crippen molar-refractivity contribution in [3.05, 3.63) is 24.3 Å². The second-order valence-corrected chi connectivity index (χ2v) is 7.85. The third kappa shape index (κ3) is 4.01. The summed E-state index contributed by atoms with van der Waals surface area (Å²) in [5, 5.41) is 0. The van der Waals surface area contributed by atoms with Gasteiger partial charge in [-0.25, -0.2) is 13.1 Å². The molecule has 0 saturated carbocycles. The zero-order chi connectivity index (χ0) is 17.4. The molecule has 0 bridgehead atoms. The van der Waals surface area contributed by atoms with Crippen LogP contribution in [0.1, 0.15) is 25.7 Å². The van der Waals surface area contributed by atoms with Crippen LogP contribution in [-0.4, -0.2) is 44.9 Å². The Balaban J connectivity index is 1.69. The largest absolute Gasteiger partial charge is 0.573 e. The Hall–Kier alpha value is -1.32. The van der Waals surface area contributed by atoms with E-state index in [9.17, 15) is 21.6 Å². The summed E-state index contributed by atoms with van der Waals surface area (Å²) in [5.41, 5.74) is 0. The van der Waals surface area contributed by atoms with Gasteiger partial charge in [-0.05, 0) is 50.1 Å². The van der Waals surface area contributed by atoms with Gasteiger partial charge in [0.1, 0.15) is 5.75 Å². The molecule has 24 heavy (non-hydrogen) atoms. The highest BCUT2D eigenvalue weighted by Crippen LogP contribution is 2.29. The Labute approximate surface area is 138 Å². The van der Waals surface area contributed by atoms with E-state index in [-0.39, 0.29) is 17.0 Å². The van der Waals surface area contributed by atoms with E-state index in [1.807, 2.05) is 0 Å². The maximum Gasteiger partial charge on any atom is 0.573 e. The molecule has 2 aliphatic rings. The fourth-order valence-corrected chi connectivity index (χ4v) is 4.78. The van der Waals surface area contributed by atoms with Gasteiger partial charge in [0.05, 0.1) is 4.90 Å². The molecule has 2 aliphatic heterocycles. The third-order valence-corrected chi connectivity index (χ3v) is 6.04. The molecule has 2 atom stereocenters. The highest BCUT2D eigenvalue weighted by Gasteiger charge is 2.38. The lowest BCUT2D eigenvalue weighted by Crippen LogP contribution is -2.46. The number of fused-ring (bicyclic) bond motifs is 1. The van der Waals surface area contributed by atoms with Crippen LogP contribution in [0.4, 0.5) is 13.2 Å². The summed E-state index contributed by atoms with van der Waals surface area (Å²) in [4.78, 5) is 2.24. The Morgan fingerprint density at radius 2 is 1.79 bits per heavy atom. The van der Waals surface area contributed by atoms with Crippen LogP contribution in [0.25, 0.3) is 0 Å². The van der Waals surface area contributed by atoms with Gasteiger partial charge in [-0.1, -0.05) is 6.42 Å². The second-order valence-electron chi connectivity index (χ2n) is 6.13. The van der Waals surface area contributed by atoms with Crippen molar-refractivity contribution in [2.45, 2.75) is 49.0 Å². The number of halogens is 3. The van der Waals surface area contributed by atoms with E-state index < -0.39 is 22.1 Å². The van der Waals surface area contributed by atoms with Crippen LogP contribution >= 0.6 is 0 Å². The number of nitrogens with zero attached hydrogens (tertiary/aromatic N) is 1. The van der Waals surface area contributed by atoms with Crippen LogP contribution in [0.15, 0.2) is 29.2 Å². The van der Waals surface area contributed by atoms with E-state index in [2.05, 4.69) is 14.4 Å².